The zero-order valence-corrected chi connectivity index (χ0v) is 11.6. The van der Waals surface area contributed by atoms with Crippen LogP contribution in [0, 0.1) is 5.41 Å². The molecule has 2 fully saturated rings. The molecule has 1 amide bonds. The van der Waals surface area contributed by atoms with Gasteiger partial charge in [-0.1, -0.05) is 32.6 Å². The molecule has 0 radical (unpaired) electrons. The van der Waals surface area contributed by atoms with Gasteiger partial charge in [-0.25, -0.2) is 0 Å². The Hall–Kier alpha value is -0.570. The van der Waals surface area contributed by atoms with Gasteiger partial charge in [-0.15, -0.1) is 0 Å². The lowest BCUT2D eigenvalue weighted by molar-refractivity contribution is -0.128. The summed E-state index contributed by atoms with van der Waals surface area (Å²) in [6.07, 6.45) is 10.1. The summed E-state index contributed by atoms with van der Waals surface area (Å²) in [6, 6.07) is 0. The first-order valence-corrected chi connectivity index (χ1v) is 7.57. The Morgan fingerprint density at radius 1 is 1.11 bits per heavy atom. The van der Waals surface area contributed by atoms with E-state index in [9.17, 15) is 9.90 Å². The maximum atomic E-state index is 11.9. The number of nitrogens with one attached hydrogen (secondary N) is 1. The summed E-state index contributed by atoms with van der Waals surface area (Å²) >= 11 is 0. The lowest BCUT2D eigenvalue weighted by Crippen LogP contribution is -2.44. The maximum absolute atomic E-state index is 11.9. The summed E-state index contributed by atoms with van der Waals surface area (Å²) in [4.78, 5) is 11.9. The Labute approximate surface area is 110 Å². The van der Waals surface area contributed by atoms with Gasteiger partial charge in [-0.2, -0.15) is 0 Å². The van der Waals surface area contributed by atoms with Crippen LogP contribution in [0.15, 0.2) is 0 Å². The van der Waals surface area contributed by atoms with Crippen molar-refractivity contribution in [2.24, 2.45) is 5.41 Å². The van der Waals surface area contributed by atoms with Gasteiger partial charge in [0.25, 0.3) is 0 Å². The predicted octanol–water partition coefficient (Wildman–Crippen LogP) is 2.77. The Bertz CT molecular complexity index is 285. The summed E-state index contributed by atoms with van der Waals surface area (Å²) < 4.78 is 0. The topological polar surface area (TPSA) is 49.3 Å². The molecule has 0 heterocycles. The molecule has 3 heteroatoms. The monoisotopic (exact) mass is 253 g/mol. The van der Waals surface area contributed by atoms with E-state index in [2.05, 4.69) is 12.2 Å². The van der Waals surface area contributed by atoms with E-state index in [4.69, 9.17) is 0 Å². The normalized spacial score (nSPS) is 25.2. The Balaban J connectivity index is 1.74. The molecular formula is C15H27NO2. The number of amides is 1. The molecule has 2 N–H and O–H groups in total. The number of hydrogen-bond acceptors (Lipinski definition) is 2. The first-order chi connectivity index (χ1) is 8.58. The molecule has 0 aromatic carbocycles. The third kappa shape index (κ3) is 3.25. The highest BCUT2D eigenvalue weighted by Gasteiger charge is 2.36. The highest BCUT2D eigenvalue weighted by atomic mass is 16.3. The van der Waals surface area contributed by atoms with Gasteiger partial charge in [0.15, 0.2) is 0 Å². The molecule has 2 saturated carbocycles. The molecule has 2 aliphatic carbocycles. The Kier molecular flexibility index (Phi) is 4.31. The average Bonchev–Trinajstić information content (AvgIpc) is 2.28. The van der Waals surface area contributed by atoms with Gasteiger partial charge in [0.05, 0.1) is 12.0 Å². The smallest absolute Gasteiger partial charge is 0.222 e. The molecule has 104 valence electrons. The molecule has 0 saturated heterocycles. The van der Waals surface area contributed by atoms with E-state index in [0.717, 1.165) is 38.6 Å². The van der Waals surface area contributed by atoms with E-state index in [1.807, 2.05) is 0 Å². The fourth-order valence-electron chi connectivity index (χ4n) is 3.37. The maximum Gasteiger partial charge on any atom is 0.222 e. The predicted molar refractivity (Wildman–Crippen MR) is 72.2 cm³/mol. The third-order valence-electron chi connectivity index (χ3n) is 5.10. The van der Waals surface area contributed by atoms with E-state index in [1.165, 1.54) is 25.7 Å². The fraction of sp³-hybridized carbons (Fsp3) is 0.933. The van der Waals surface area contributed by atoms with Gasteiger partial charge in [0.1, 0.15) is 0 Å². The van der Waals surface area contributed by atoms with E-state index < -0.39 is 5.60 Å². The van der Waals surface area contributed by atoms with Crippen LogP contribution in [0.5, 0.6) is 0 Å². The largest absolute Gasteiger partial charge is 0.389 e. The van der Waals surface area contributed by atoms with Crippen LogP contribution in [0.1, 0.15) is 71.1 Å². The summed E-state index contributed by atoms with van der Waals surface area (Å²) in [6.45, 7) is 3.01. The third-order valence-corrected chi connectivity index (χ3v) is 5.10. The van der Waals surface area contributed by atoms with Crippen LogP contribution in [-0.4, -0.2) is 23.2 Å². The highest BCUT2D eigenvalue weighted by Crippen LogP contribution is 2.43. The molecule has 0 unspecified atom stereocenters. The quantitative estimate of drug-likeness (QED) is 0.791. The van der Waals surface area contributed by atoms with E-state index in [0.29, 0.717) is 11.8 Å². The standard InChI is InChI=1S/C15H27NO2/c1-2-14(7-6-8-14)12-16-13(17)11-15(18)9-4-3-5-10-15/h18H,2-12H2,1H3,(H,16,17). The zero-order valence-electron chi connectivity index (χ0n) is 11.6. The van der Waals surface area contributed by atoms with Gasteiger partial charge >= 0.3 is 0 Å². The van der Waals surface area contributed by atoms with Crippen LogP contribution < -0.4 is 5.32 Å². The van der Waals surface area contributed by atoms with Crippen molar-refractivity contribution in [2.75, 3.05) is 6.54 Å². The van der Waals surface area contributed by atoms with Crippen LogP contribution in [0.3, 0.4) is 0 Å². The first-order valence-electron chi connectivity index (χ1n) is 7.57. The van der Waals surface area contributed by atoms with Gasteiger partial charge in [-0.05, 0) is 37.5 Å². The molecule has 2 rings (SSSR count). The summed E-state index contributed by atoms with van der Waals surface area (Å²) in [5.74, 6) is 0.0409. The van der Waals surface area contributed by atoms with Gasteiger partial charge < -0.3 is 10.4 Å². The van der Waals surface area contributed by atoms with Crippen molar-refractivity contribution < 1.29 is 9.90 Å². The summed E-state index contributed by atoms with van der Waals surface area (Å²) in [5.41, 5.74) is -0.355. The van der Waals surface area contributed by atoms with E-state index in [1.54, 1.807) is 0 Å². The number of rotatable bonds is 5. The summed E-state index contributed by atoms with van der Waals surface area (Å²) in [5, 5.41) is 13.4. The average molecular weight is 253 g/mol. The van der Waals surface area contributed by atoms with Crippen molar-refractivity contribution in [3.63, 3.8) is 0 Å². The number of carbonyl (C=O) groups excluding carboxylic acids is 1. The van der Waals surface area contributed by atoms with Gasteiger partial charge in [-0.3, -0.25) is 4.79 Å². The highest BCUT2D eigenvalue weighted by molar-refractivity contribution is 5.77. The van der Waals surface area contributed by atoms with Crippen molar-refractivity contribution in [1.29, 1.82) is 0 Å². The molecule has 0 atom stereocenters. The van der Waals surface area contributed by atoms with Crippen molar-refractivity contribution in [3.8, 4) is 0 Å². The lowest BCUT2D eigenvalue weighted by atomic mass is 9.67. The molecule has 0 bridgehead atoms. The van der Waals surface area contributed by atoms with Gasteiger partial charge in [0.2, 0.25) is 5.91 Å². The van der Waals surface area contributed by atoms with Gasteiger partial charge in [0, 0.05) is 6.54 Å². The first kappa shape index (κ1) is 13.9. The SMILES string of the molecule is CCC1(CNC(=O)CC2(O)CCCCC2)CCC1. The van der Waals surface area contributed by atoms with Crippen molar-refractivity contribution >= 4 is 5.91 Å². The zero-order chi connectivity index (χ0) is 13.1. The van der Waals surface area contributed by atoms with Crippen molar-refractivity contribution in [3.05, 3.63) is 0 Å². The second-order valence-corrected chi connectivity index (χ2v) is 6.45. The fourth-order valence-corrected chi connectivity index (χ4v) is 3.37. The van der Waals surface area contributed by atoms with Crippen LogP contribution in [0.4, 0.5) is 0 Å². The van der Waals surface area contributed by atoms with Crippen molar-refractivity contribution in [2.45, 2.75) is 76.7 Å². The molecule has 3 nitrogen and oxygen atoms in total. The molecule has 0 aliphatic heterocycles. The minimum Gasteiger partial charge on any atom is -0.389 e. The summed E-state index contributed by atoms with van der Waals surface area (Å²) in [7, 11) is 0. The van der Waals surface area contributed by atoms with Crippen molar-refractivity contribution in [1.82, 2.24) is 5.32 Å². The second-order valence-electron chi connectivity index (χ2n) is 6.45. The minimum atomic E-state index is -0.721. The molecule has 2 aliphatic rings. The second kappa shape index (κ2) is 5.60. The molecule has 18 heavy (non-hydrogen) atoms. The van der Waals surface area contributed by atoms with Crippen LogP contribution >= 0.6 is 0 Å². The number of hydrogen-bond donors (Lipinski definition) is 2. The van der Waals surface area contributed by atoms with Crippen LogP contribution in [0.2, 0.25) is 0 Å². The number of carbonyl (C=O) groups is 1. The Morgan fingerprint density at radius 3 is 2.28 bits per heavy atom. The Morgan fingerprint density at radius 2 is 1.78 bits per heavy atom. The minimum absolute atomic E-state index is 0.0409. The van der Waals surface area contributed by atoms with Crippen LogP contribution in [0.25, 0.3) is 0 Å². The molecular weight excluding hydrogens is 226 g/mol. The lowest BCUT2D eigenvalue weighted by Gasteiger charge is -2.41. The molecule has 0 spiro atoms. The van der Waals surface area contributed by atoms with E-state index >= 15 is 0 Å². The number of aliphatic hydroxyl groups is 1. The van der Waals surface area contributed by atoms with E-state index in [-0.39, 0.29) is 5.91 Å². The van der Waals surface area contributed by atoms with Crippen LogP contribution in [-0.2, 0) is 4.79 Å². The molecule has 0 aromatic heterocycles. The molecule has 0 aromatic rings.